The van der Waals surface area contributed by atoms with Crippen LogP contribution >= 0.6 is 27.7 Å². The average Bonchev–Trinajstić information content (AvgIpc) is 2.88. The molecule has 0 atom stereocenters. The molecule has 2 aromatic rings. The molecule has 0 saturated heterocycles. The molecule has 2 rings (SSSR count). The number of hydrogen-bond donors (Lipinski definition) is 1. The molecule has 0 aromatic carbocycles. The fraction of sp³-hybridized carbons (Fsp3) is 0.333. The summed E-state index contributed by atoms with van der Waals surface area (Å²) >= 11 is 4.48. The Bertz CT molecular complexity index is 585. The summed E-state index contributed by atoms with van der Waals surface area (Å²) in [6.07, 6.45) is 1.62. The number of hydrogen-bond acceptors (Lipinski definition) is 6. The lowest BCUT2D eigenvalue weighted by Crippen LogP contribution is -2.14. The summed E-state index contributed by atoms with van der Waals surface area (Å²) in [6.45, 7) is 3.93. The van der Waals surface area contributed by atoms with Crippen LogP contribution in [0.5, 0.6) is 0 Å². The van der Waals surface area contributed by atoms with Gasteiger partial charge in [0.15, 0.2) is 0 Å². The maximum atomic E-state index is 11.7. The van der Waals surface area contributed by atoms with Gasteiger partial charge >= 0.3 is 0 Å². The molecule has 0 aliphatic carbocycles. The molecular formula is C12H13BrN4O2S. The van der Waals surface area contributed by atoms with Crippen LogP contribution in [-0.4, -0.2) is 26.8 Å². The molecule has 0 aliphatic rings. The van der Waals surface area contributed by atoms with Gasteiger partial charge in [0.2, 0.25) is 11.8 Å². The number of rotatable bonds is 5. The SMILES string of the molecule is CC(C)c1nnc(SCC(=O)Nc2ccc(Br)cn2)o1. The zero-order valence-electron chi connectivity index (χ0n) is 11.0. The maximum absolute atomic E-state index is 11.7. The van der Waals surface area contributed by atoms with Crippen molar-refractivity contribution in [2.24, 2.45) is 0 Å². The monoisotopic (exact) mass is 356 g/mol. The smallest absolute Gasteiger partial charge is 0.277 e. The second-order valence-electron chi connectivity index (χ2n) is 4.26. The summed E-state index contributed by atoms with van der Waals surface area (Å²) in [7, 11) is 0. The summed E-state index contributed by atoms with van der Waals surface area (Å²) in [5, 5.41) is 10.9. The number of aromatic nitrogens is 3. The minimum atomic E-state index is -0.172. The predicted molar refractivity (Wildman–Crippen MR) is 79.7 cm³/mol. The molecule has 0 unspecified atom stereocenters. The van der Waals surface area contributed by atoms with E-state index in [2.05, 4.69) is 36.4 Å². The number of carbonyl (C=O) groups is 1. The second-order valence-corrected chi connectivity index (χ2v) is 6.10. The van der Waals surface area contributed by atoms with Crippen LogP contribution in [0.4, 0.5) is 5.82 Å². The number of nitrogens with one attached hydrogen (secondary N) is 1. The Hall–Kier alpha value is -1.41. The number of pyridine rings is 1. The van der Waals surface area contributed by atoms with E-state index in [0.717, 1.165) is 4.47 Å². The highest BCUT2D eigenvalue weighted by atomic mass is 79.9. The quantitative estimate of drug-likeness (QED) is 0.829. The van der Waals surface area contributed by atoms with E-state index in [1.165, 1.54) is 11.8 Å². The highest BCUT2D eigenvalue weighted by Crippen LogP contribution is 2.20. The lowest BCUT2D eigenvalue weighted by molar-refractivity contribution is -0.113. The third-order valence-electron chi connectivity index (χ3n) is 2.24. The standard InChI is InChI=1S/C12H13BrN4O2S/c1-7(2)11-16-17-12(19-11)20-6-10(18)15-9-4-3-8(13)5-14-9/h3-5,7H,6H2,1-2H3,(H,14,15,18). The molecular weight excluding hydrogens is 344 g/mol. The van der Waals surface area contributed by atoms with E-state index in [9.17, 15) is 4.79 Å². The van der Waals surface area contributed by atoms with E-state index in [1.54, 1.807) is 12.3 Å². The van der Waals surface area contributed by atoms with E-state index in [4.69, 9.17) is 4.42 Å². The van der Waals surface area contributed by atoms with Crippen molar-refractivity contribution >= 4 is 39.4 Å². The first kappa shape index (κ1) is 15.0. The van der Waals surface area contributed by atoms with Gasteiger partial charge in [0.25, 0.3) is 5.22 Å². The number of amides is 1. The lowest BCUT2D eigenvalue weighted by Gasteiger charge is -2.02. The van der Waals surface area contributed by atoms with Gasteiger partial charge < -0.3 is 9.73 Å². The van der Waals surface area contributed by atoms with Crippen LogP contribution in [0, 0.1) is 0 Å². The van der Waals surface area contributed by atoms with E-state index in [0.29, 0.717) is 16.9 Å². The van der Waals surface area contributed by atoms with Gasteiger partial charge in [0.05, 0.1) is 5.75 Å². The van der Waals surface area contributed by atoms with Crippen LogP contribution < -0.4 is 5.32 Å². The fourth-order valence-electron chi connectivity index (χ4n) is 1.27. The molecule has 0 spiro atoms. The summed E-state index contributed by atoms with van der Waals surface area (Å²) in [5.41, 5.74) is 0. The molecule has 0 radical (unpaired) electrons. The average molecular weight is 357 g/mol. The Morgan fingerprint density at radius 3 is 2.85 bits per heavy atom. The Balaban J connectivity index is 1.84. The van der Waals surface area contributed by atoms with E-state index < -0.39 is 0 Å². The number of halogens is 1. The van der Waals surface area contributed by atoms with Crippen LogP contribution in [0.15, 0.2) is 32.4 Å². The van der Waals surface area contributed by atoms with Crippen molar-refractivity contribution in [2.75, 3.05) is 11.1 Å². The second kappa shape index (κ2) is 6.85. The summed E-state index contributed by atoms with van der Waals surface area (Å²) in [6, 6.07) is 3.53. The first-order chi connectivity index (χ1) is 9.54. The van der Waals surface area contributed by atoms with Crippen molar-refractivity contribution in [1.82, 2.24) is 15.2 Å². The van der Waals surface area contributed by atoms with Crippen LogP contribution in [0.1, 0.15) is 25.7 Å². The van der Waals surface area contributed by atoms with Gasteiger partial charge in [-0.2, -0.15) is 0 Å². The normalized spacial score (nSPS) is 10.8. The van der Waals surface area contributed by atoms with Gasteiger partial charge in [-0.1, -0.05) is 25.6 Å². The van der Waals surface area contributed by atoms with Gasteiger partial charge in [0.1, 0.15) is 5.82 Å². The van der Waals surface area contributed by atoms with Crippen molar-refractivity contribution in [2.45, 2.75) is 25.0 Å². The Morgan fingerprint density at radius 2 is 2.25 bits per heavy atom. The Kier molecular flexibility index (Phi) is 5.13. The minimum Gasteiger partial charge on any atom is -0.416 e. The fourth-order valence-corrected chi connectivity index (χ4v) is 2.07. The zero-order valence-corrected chi connectivity index (χ0v) is 13.4. The summed E-state index contributed by atoms with van der Waals surface area (Å²) in [4.78, 5) is 15.8. The third kappa shape index (κ3) is 4.31. The van der Waals surface area contributed by atoms with Crippen molar-refractivity contribution in [3.8, 4) is 0 Å². The molecule has 2 aromatic heterocycles. The molecule has 6 nitrogen and oxygen atoms in total. The molecule has 0 fully saturated rings. The van der Waals surface area contributed by atoms with Crippen molar-refractivity contribution in [3.05, 3.63) is 28.7 Å². The molecule has 1 N–H and O–H groups in total. The Labute approximate surface area is 128 Å². The molecule has 1 amide bonds. The number of nitrogens with zero attached hydrogens (tertiary/aromatic N) is 3. The van der Waals surface area contributed by atoms with Crippen molar-refractivity contribution in [3.63, 3.8) is 0 Å². The van der Waals surface area contributed by atoms with E-state index in [-0.39, 0.29) is 17.6 Å². The van der Waals surface area contributed by atoms with Gasteiger partial charge in [-0.15, -0.1) is 10.2 Å². The van der Waals surface area contributed by atoms with E-state index >= 15 is 0 Å². The van der Waals surface area contributed by atoms with Crippen LogP contribution in [0.3, 0.4) is 0 Å². The van der Waals surface area contributed by atoms with Crippen molar-refractivity contribution in [1.29, 1.82) is 0 Å². The highest BCUT2D eigenvalue weighted by Gasteiger charge is 2.12. The maximum Gasteiger partial charge on any atom is 0.277 e. The largest absolute Gasteiger partial charge is 0.416 e. The summed E-state index contributed by atoms with van der Waals surface area (Å²) < 4.78 is 6.26. The topological polar surface area (TPSA) is 80.9 Å². The van der Waals surface area contributed by atoms with E-state index in [1.807, 2.05) is 19.9 Å². The molecule has 20 heavy (non-hydrogen) atoms. The van der Waals surface area contributed by atoms with Crippen LogP contribution in [0.2, 0.25) is 0 Å². The number of thioether (sulfide) groups is 1. The summed E-state index contributed by atoms with van der Waals surface area (Å²) in [5.74, 6) is 1.28. The molecule has 8 heteroatoms. The zero-order chi connectivity index (χ0) is 14.5. The first-order valence-electron chi connectivity index (χ1n) is 5.92. The molecule has 2 heterocycles. The number of carbonyl (C=O) groups excluding carboxylic acids is 1. The number of anilines is 1. The molecule has 106 valence electrons. The highest BCUT2D eigenvalue weighted by molar-refractivity contribution is 9.10. The third-order valence-corrected chi connectivity index (χ3v) is 3.53. The predicted octanol–water partition coefficient (Wildman–Crippen LogP) is 3.08. The van der Waals surface area contributed by atoms with Crippen LogP contribution in [-0.2, 0) is 4.79 Å². The molecule has 0 bridgehead atoms. The van der Waals surface area contributed by atoms with Gasteiger partial charge in [-0.3, -0.25) is 4.79 Å². The molecule has 0 aliphatic heterocycles. The molecule has 0 saturated carbocycles. The van der Waals surface area contributed by atoms with Gasteiger partial charge in [0, 0.05) is 16.6 Å². The first-order valence-corrected chi connectivity index (χ1v) is 7.70. The lowest BCUT2D eigenvalue weighted by atomic mass is 10.2. The van der Waals surface area contributed by atoms with Gasteiger partial charge in [-0.05, 0) is 28.1 Å². The Morgan fingerprint density at radius 1 is 1.45 bits per heavy atom. The van der Waals surface area contributed by atoms with Gasteiger partial charge in [-0.25, -0.2) is 4.98 Å². The van der Waals surface area contributed by atoms with Crippen molar-refractivity contribution < 1.29 is 9.21 Å². The van der Waals surface area contributed by atoms with Crippen LogP contribution in [0.25, 0.3) is 0 Å². The minimum absolute atomic E-state index is 0.172.